The summed E-state index contributed by atoms with van der Waals surface area (Å²) in [7, 11) is 0. The first-order chi connectivity index (χ1) is 21.4. The summed E-state index contributed by atoms with van der Waals surface area (Å²) in [5.74, 6) is -3.21. The van der Waals surface area contributed by atoms with E-state index in [-0.39, 0.29) is 22.3 Å². The van der Waals surface area contributed by atoms with E-state index < -0.39 is 61.5 Å². The number of carbonyl (C=O) groups excluding carboxylic acids is 4. The topological polar surface area (TPSA) is 114 Å². The van der Waals surface area contributed by atoms with Crippen molar-refractivity contribution in [3.05, 3.63) is 144 Å². The molecule has 0 N–H and O–H groups in total. The fraction of sp³-hybridized carbons (Fsp3) is 0.176. The predicted octanol–water partition coefficient (Wildman–Crippen LogP) is 5.27. The average molecular weight is 582 g/mol. The molecule has 0 radical (unpaired) electrons. The van der Waals surface area contributed by atoms with Gasteiger partial charge in [-0.3, -0.25) is 0 Å². The third kappa shape index (κ3) is 6.79. The monoisotopic (exact) mass is 581 g/mol. The Bertz CT molecular complexity index is 1580. The molecule has 0 spiro atoms. The van der Waals surface area contributed by atoms with Crippen LogP contribution in [0.3, 0.4) is 0 Å². The summed E-state index contributed by atoms with van der Waals surface area (Å²) >= 11 is 0. The van der Waals surface area contributed by atoms with Crippen LogP contribution in [-0.4, -0.2) is 54.6 Å². The second-order valence-corrected chi connectivity index (χ2v) is 9.64. The molecule has 1 aliphatic heterocycles. The van der Waals surface area contributed by atoms with Gasteiger partial charge in [0.15, 0.2) is 6.10 Å². The van der Waals surface area contributed by atoms with Gasteiger partial charge in [-0.25, -0.2) is 19.2 Å². The molecule has 0 saturated carbocycles. The van der Waals surface area contributed by atoms with Gasteiger partial charge < -0.3 is 23.7 Å². The zero-order valence-electron chi connectivity index (χ0n) is 23.9. The van der Waals surface area contributed by atoms with Crippen molar-refractivity contribution in [1.29, 1.82) is 0 Å². The molecule has 43 heavy (non-hydrogen) atoms. The van der Waals surface area contributed by atoms with Crippen LogP contribution in [-0.2, 0) is 23.7 Å². The molecule has 5 rings (SSSR count). The minimum Gasteiger partial charge on any atom is -0.459 e. The van der Waals surface area contributed by atoms with Gasteiger partial charge in [0.1, 0.15) is 12.7 Å². The van der Waals surface area contributed by atoms with Crippen LogP contribution in [0.2, 0.25) is 0 Å². The molecule has 1 saturated heterocycles. The Hall–Kier alpha value is -5.28. The summed E-state index contributed by atoms with van der Waals surface area (Å²) in [6.07, 6.45) is -4.54. The van der Waals surface area contributed by atoms with Gasteiger partial charge >= 0.3 is 23.9 Å². The quantitative estimate of drug-likeness (QED) is 0.193. The molecular formula is C34H28O9. The third-order valence-corrected chi connectivity index (χ3v) is 6.66. The molecule has 218 valence electrons. The Balaban J connectivity index is 1.51. The van der Waals surface area contributed by atoms with Gasteiger partial charge in [0.2, 0.25) is 11.9 Å². The van der Waals surface area contributed by atoms with Crippen LogP contribution >= 0.6 is 0 Å². The summed E-state index contributed by atoms with van der Waals surface area (Å²) in [6.45, 7) is -1.22. The summed E-state index contributed by atoms with van der Waals surface area (Å²) in [5.41, 5.74) is -1.41. The molecule has 1 unspecified atom stereocenters. The number of ether oxygens (including phenoxy) is 5. The highest BCUT2D eigenvalue weighted by atomic mass is 16.8. The molecule has 4 aromatic rings. The van der Waals surface area contributed by atoms with E-state index in [1.54, 1.807) is 84.9 Å². The van der Waals surface area contributed by atoms with Gasteiger partial charge in [-0.15, -0.1) is 0 Å². The van der Waals surface area contributed by atoms with Gasteiger partial charge in [0.25, 0.3) is 0 Å². The maximum atomic E-state index is 13.4. The Morgan fingerprint density at radius 3 is 1.51 bits per heavy atom. The summed E-state index contributed by atoms with van der Waals surface area (Å²) in [4.78, 5) is 52.7. The van der Waals surface area contributed by atoms with Crippen LogP contribution in [0.4, 0.5) is 0 Å². The largest absolute Gasteiger partial charge is 0.459 e. The van der Waals surface area contributed by atoms with Crippen LogP contribution in [0.25, 0.3) is 0 Å². The van der Waals surface area contributed by atoms with Crippen molar-refractivity contribution >= 4 is 23.9 Å². The smallest absolute Gasteiger partial charge is 0.340 e. The fourth-order valence-electron chi connectivity index (χ4n) is 4.45. The molecule has 9 heteroatoms. The first-order valence-electron chi connectivity index (χ1n) is 14.1. The van der Waals surface area contributed by atoms with E-state index in [2.05, 4.69) is 0 Å². The standard InChI is InChI=1S/C34H28O9/c1-34(43-32(38)26-20-12-5-13-21-26)28(41-30(36)24-16-8-3-9-17-24)27(22-39-29(35)23-14-6-2-7-15-23)40-33(34)42-31(37)25-18-10-4-11-19-25/h2-21,27-28,33H,22H2,1H3/t27-,28-,33?,34-/m1/s1/i1D. The third-order valence-electron chi connectivity index (χ3n) is 6.66. The van der Waals surface area contributed by atoms with E-state index in [0.29, 0.717) is 0 Å². The Morgan fingerprint density at radius 2 is 1.05 bits per heavy atom. The van der Waals surface area contributed by atoms with Crippen LogP contribution < -0.4 is 0 Å². The second-order valence-electron chi connectivity index (χ2n) is 9.64. The molecule has 1 heterocycles. The van der Waals surface area contributed by atoms with E-state index >= 15 is 0 Å². The minimum absolute atomic E-state index is 0.139. The number of hydrogen-bond acceptors (Lipinski definition) is 9. The van der Waals surface area contributed by atoms with Gasteiger partial charge in [-0.1, -0.05) is 72.8 Å². The van der Waals surface area contributed by atoms with Gasteiger partial charge in [0, 0.05) is 1.37 Å². The lowest BCUT2D eigenvalue weighted by Gasteiger charge is -2.33. The van der Waals surface area contributed by atoms with Crippen molar-refractivity contribution in [1.82, 2.24) is 0 Å². The summed E-state index contributed by atoms with van der Waals surface area (Å²) in [6, 6.07) is 32.2. The SMILES string of the molecule is [2H]C[C@]1(OC(=O)c2ccccc2)C(OC(=O)c2ccccc2)O[C@H](COC(=O)c2ccccc2)[C@H]1OC(=O)c1ccccc1. The maximum Gasteiger partial charge on any atom is 0.340 e. The van der Waals surface area contributed by atoms with Crippen LogP contribution in [0.1, 0.15) is 49.7 Å². The van der Waals surface area contributed by atoms with E-state index in [0.717, 1.165) is 0 Å². The molecular weight excluding hydrogens is 552 g/mol. The lowest BCUT2D eigenvalue weighted by Crippen LogP contribution is -2.53. The van der Waals surface area contributed by atoms with Crippen molar-refractivity contribution in [2.45, 2.75) is 31.0 Å². The maximum absolute atomic E-state index is 13.4. The number of esters is 4. The normalized spacial score (nSPS) is 21.2. The van der Waals surface area contributed by atoms with Crippen molar-refractivity contribution in [2.24, 2.45) is 0 Å². The van der Waals surface area contributed by atoms with Gasteiger partial charge in [-0.05, 0) is 55.4 Å². The Morgan fingerprint density at radius 1 is 0.628 bits per heavy atom. The molecule has 0 aromatic heterocycles. The summed E-state index contributed by atoms with van der Waals surface area (Å²) < 4.78 is 37.6. The first kappa shape index (κ1) is 27.9. The number of carbonyl (C=O) groups is 4. The van der Waals surface area contributed by atoms with Crippen molar-refractivity contribution < 1.29 is 44.2 Å². The molecule has 0 bridgehead atoms. The highest BCUT2D eigenvalue weighted by molar-refractivity contribution is 5.91. The van der Waals surface area contributed by atoms with E-state index in [9.17, 15) is 19.2 Å². The fourth-order valence-corrected chi connectivity index (χ4v) is 4.45. The zero-order chi connectivity index (χ0) is 30.9. The molecule has 4 atom stereocenters. The molecule has 1 fully saturated rings. The molecule has 9 nitrogen and oxygen atoms in total. The molecule has 1 aliphatic rings. The highest BCUT2D eigenvalue weighted by Crippen LogP contribution is 2.39. The molecule has 0 amide bonds. The molecule has 4 aromatic carbocycles. The van der Waals surface area contributed by atoms with Crippen molar-refractivity contribution in [3.63, 3.8) is 0 Å². The van der Waals surface area contributed by atoms with Gasteiger partial charge in [-0.2, -0.15) is 0 Å². The van der Waals surface area contributed by atoms with Crippen LogP contribution in [0.15, 0.2) is 121 Å². The van der Waals surface area contributed by atoms with E-state index in [4.69, 9.17) is 25.1 Å². The number of rotatable bonds is 9. The van der Waals surface area contributed by atoms with Gasteiger partial charge in [0.05, 0.1) is 22.3 Å². The highest BCUT2D eigenvalue weighted by Gasteiger charge is 2.61. The lowest BCUT2D eigenvalue weighted by atomic mass is 9.96. The summed E-state index contributed by atoms with van der Waals surface area (Å²) in [5, 5.41) is 0. The molecule has 0 aliphatic carbocycles. The first-order valence-corrected chi connectivity index (χ1v) is 13.4. The number of hydrogen-bond donors (Lipinski definition) is 0. The lowest BCUT2D eigenvalue weighted by molar-refractivity contribution is -0.175. The van der Waals surface area contributed by atoms with Crippen molar-refractivity contribution in [2.75, 3.05) is 6.61 Å². The van der Waals surface area contributed by atoms with Crippen LogP contribution in [0.5, 0.6) is 0 Å². The van der Waals surface area contributed by atoms with E-state index in [1.807, 2.05) is 0 Å². The average Bonchev–Trinajstić information content (AvgIpc) is 3.35. The van der Waals surface area contributed by atoms with Crippen molar-refractivity contribution in [3.8, 4) is 0 Å². The predicted molar refractivity (Wildman–Crippen MR) is 153 cm³/mol. The van der Waals surface area contributed by atoms with E-state index in [1.165, 1.54) is 36.4 Å². The Kier molecular flexibility index (Phi) is 8.51. The van der Waals surface area contributed by atoms with Crippen LogP contribution in [0, 0.1) is 0 Å². The minimum atomic E-state index is -2.15. The zero-order valence-corrected chi connectivity index (χ0v) is 22.9. The Labute approximate surface area is 249 Å². The second kappa shape index (κ2) is 13.1. The number of benzene rings is 4.